The third kappa shape index (κ3) is 4.29. The van der Waals surface area contributed by atoms with E-state index in [4.69, 9.17) is 4.74 Å². The molecule has 2 amide bonds. The number of rotatable bonds is 6. The van der Waals surface area contributed by atoms with Gasteiger partial charge < -0.3 is 14.5 Å². The molecule has 0 N–H and O–H groups in total. The van der Waals surface area contributed by atoms with Crippen LogP contribution in [0.2, 0.25) is 0 Å². The number of carbonyl (C=O) groups excluding carboxylic acids is 2. The molecule has 1 aromatic heterocycles. The highest BCUT2D eigenvalue weighted by atomic mass is 16.5. The molecular formula is C27H33N3O3. The van der Waals surface area contributed by atoms with Crippen LogP contribution in [0.3, 0.4) is 0 Å². The van der Waals surface area contributed by atoms with Crippen LogP contribution in [-0.2, 0) is 20.9 Å². The van der Waals surface area contributed by atoms with Crippen molar-refractivity contribution >= 4 is 11.8 Å². The molecule has 0 radical (unpaired) electrons. The minimum atomic E-state index is -0.224. The van der Waals surface area contributed by atoms with Crippen LogP contribution < -0.4 is 0 Å². The summed E-state index contributed by atoms with van der Waals surface area (Å²) in [6.45, 7) is 1.90. The second-order valence-electron chi connectivity index (χ2n) is 9.70. The van der Waals surface area contributed by atoms with Crippen LogP contribution in [0.5, 0.6) is 0 Å². The summed E-state index contributed by atoms with van der Waals surface area (Å²) in [5, 5.41) is 0. The van der Waals surface area contributed by atoms with Crippen LogP contribution in [0.4, 0.5) is 0 Å². The van der Waals surface area contributed by atoms with Crippen LogP contribution >= 0.6 is 0 Å². The van der Waals surface area contributed by atoms with Gasteiger partial charge in [0.25, 0.3) is 0 Å². The standard InChI is InChI=1S/C27H33N3O3/c31-24(20-33-19-21-7-3-1-4-8-21)29-17-11-23(12-18-29)30-25(22-9-15-28-16-10-22)27(26(30)32)13-5-2-6-14-27/h1,3-4,7-10,15-16,23,25H,2,5-6,11-14,17-20H2. The third-order valence-electron chi connectivity index (χ3n) is 7.78. The molecule has 3 fully saturated rings. The van der Waals surface area contributed by atoms with Gasteiger partial charge in [0, 0.05) is 31.5 Å². The molecule has 1 aromatic carbocycles. The first-order valence-electron chi connectivity index (χ1n) is 12.3. The van der Waals surface area contributed by atoms with Crippen molar-refractivity contribution < 1.29 is 14.3 Å². The van der Waals surface area contributed by atoms with Gasteiger partial charge >= 0.3 is 0 Å². The second-order valence-corrected chi connectivity index (χ2v) is 9.70. The number of amides is 2. The fraction of sp³-hybridized carbons (Fsp3) is 0.519. The lowest BCUT2D eigenvalue weighted by Gasteiger charge is -2.61. The van der Waals surface area contributed by atoms with Crippen LogP contribution in [0, 0.1) is 5.41 Å². The molecule has 3 aliphatic rings. The van der Waals surface area contributed by atoms with Gasteiger partial charge in [-0.15, -0.1) is 0 Å². The highest BCUT2D eigenvalue weighted by Crippen LogP contribution is 2.59. The van der Waals surface area contributed by atoms with E-state index >= 15 is 0 Å². The number of benzene rings is 1. The fourth-order valence-corrected chi connectivity index (χ4v) is 6.08. The average molecular weight is 448 g/mol. The zero-order valence-electron chi connectivity index (χ0n) is 19.2. The Balaban J connectivity index is 1.19. The van der Waals surface area contributed by atoms with Gasteiger partial charge in [0.2, 0.25) is 11.8 Å². The van der Waals surface area contributed by atoms with Crippen molar-refractivity contribution in [2.45, 2.75) is 63.6 Å². The number of β-lactam (4-membered cyclic amide) rings is 1. The number of hydrogen-bond acceptors (Lipinski definition) is 4. The number of carbonyl (C=O) groups is 2. The van der Waals surface area contributed by atoms with Gasteiger partial charge in [0.15, 0.2) is 0 Å². The third-order valence-corrected chi connectivity index (χ3v) is 7.78. The quantitative estimate of drug-likeness (QED) is 0.625. The van der Waals surface area contributed by atoms with E-state index in [-0.39, 0.29) is 30.0 Å². The maximum absolute atomic E-state index is 13.5. The minimum absolute atomic E-state index is 0.0359. The molecule has 174 valence electrons. The Morgan fingerprint density at radius 1 is 1.00 bits per heavy atom. The van der Waals surface area contributed by atoms with Crippen molar-refractivity contribution in [3.63, 3.8) is 0 Å². The van der Waals surface area contributed by atoms with Crippen molar-refractivity contribution in [2.75, 3.05) is 19.7 Å². The number of nitrogens with zero attached hydrogens (tertiary/aromatic N) is 3. The molecule has 6 heteroatoms. The summed E-state index contributed by atoms with van der Waals surface area (Å²) >= 11 is 0. The average Bonchev–Trinajstić information content (AvgIpc) is 2.88. The van der Waals surface area contributed by atoms with Crippen molar-refractivity contribution in [3.8, 4) is 0 Å². The van der Waals surface area contributed by atoms with Crippen LogP contribution in [-0.4, -0.2) is 52.3 Å². The number of hydrogen-bond donors (Lipinski definition) is 0. The first kappa shape index (κ1) is 22.1. The molecule has 1 aliphatic carbocycles. The largest absolute Gasteiger partial charge is 0.367 e. The topological polar surface area (TPSA) is 62.7 Å². The summed E-state index contributed by atoms with van der Waals surface area (Å²) in [7, 11) is 0. The molecule has 6 nitrogen and oxygen atoms in total. The van der Waals surface area contributed by atoms with E-state index in [1.165, 1.54) is 12.0 Å². The molecule has 2 aromatic rings. The number of ether oxygens (including phenoxy) is 1. The Bertz CT molecular complexity index is 951. The SMILES string of the molecule is O=C(COCc1ccccc1)N1CCC(N2C(=O)C3(CCCCC3)C2c2ccncc2)CC1. The zero-order chi connectivity index (χ0) is 22.7. The molecule has 1 unspecified atom stereocenters. The summed E-state index contributed by atoms with van der Waals surface area (Å²) in [6.07, 6.45) is 10.8. The highest BCUT2D eigenvalue weighted by Gasteiger charge is 2.62. The lowest BCUT2D eigenvalue weighted by Crippen LogP contribution is -2.67. The first-order chi connectivity index (χ1) is 16.2. The molecule has 1 atom stereocenters. The second kappa shape index (κ2) is 9.64. The van der Waals surface area contributed by atoms with E-state index in [1.54, 1.807) is 0 Å². The normalized spacial score (nSPS) is 22.9. The van der Waals surface area contributed by atoms with E-state index in [0.29, 0.717) is 25.6 Å². The number of pyridine rings is 1. The summed E-state index contributed by atoms with van der Waals surface area (Å²) in [6, 6.07) is 14.4. The Morgan fingerprint density at radius 3 is 2.39 bits per heavy atom. The van der Waals surface area contributed by atoms with Crippen molar-refractivity contribution in [2.24, 2.45) is 5.41 Å². The number of aromatic nitrogens is 1. The predicted octanol–water partition coefficient (Wildman–Crippen LogP) is 4.12. The monoisotopic (exact) mass is 447 g/mol. The summed E-state index contributed by atoms with van der Waals surface area (Å²) in [5.41, 5.74) is 2.05. The Labute approximate surface area is 195 Å². The lowest BCUT2D eigenvalue weighted by molar-refractivity contribution is -0.187. The number of likely N-dealkylation sites (tertiary alicyclic amines) is 2. The Hall–Kier alpha value is -2.73. The van der Waals surface area contributed by atoms with Gasteiger partial charge in [-0.25, -0.2) is 0 Å². The maximum atomic E-state index is 13.5. The summed E-state index contributed by atoms with van der Waals surface area (Å²) < 4.78 is 5.65. The Kier molecular flexibility index (Phi) is 6.45. The molecule has 33 heavy (non-hydrogen) atoms. The maximum Gasteiger partial charge on any atom is 0.248 e. The van der Waals surface area contributed by atoms with Gasteiger partial charge in [-0.2, -0.15) is 0 Å². The molecule has 0 bridgehead atoms. The molecule has 2 aliphatic heterocycles. The predicted molar refractivity (Wildman–Crippen MR) is 125 cm³/mol. The van der Waals surface area contributed by atoms with E-state index in [1.807, 2.05) is 47.6 Å². The van der Waals surface area contributed by atoms with Crippen LogP contribution in [0.15, 0.2) is 54.9 Å². The van der Waals surface area contributed by atoms with E-state index in [2.05, 4.69) is 22.0 Å². The van der Waals surface area contributed by atoms with Gasteiger partial charge in [0.1, 0.15) is 6.61 Å². The van der Waals surface area contributed by atoms with E-state index in [0.717, 1.165) is 44.1 Å². The molecular weight excluding hydrogens is 414 g/mol. The minimum Gasteiger partial charge on any atom is -0.367 e. The van der Waals surface area contributed by atoms with Crippen molar-refractivity contribution in [1.29, 1.82) is 0 Å². The molecule has 3 heterocycles. The number of piperidine rings is 1. The molecule has 5 rings (SSSR count). The van der Waals surface area contributed by atoms with Gasteiger partial charge in [-0.05, 0) is 48.9 Å². The zero-order valence-corrected chi connectivity index (χ0v) is 19.2. The van der Waals surface area contributed by atoms with E-state index < -0.39 is 0 Å². The first-order valence-corrected chi connectivity index (χ1v) is 12.3. The van der Waals surface area contributed by atoms with Gasteiger partial charge in [0.05, 0.1) is 18.1 Å². The molecule has 1 saturated carbocycles. The van der Waals surface area contributed by atoms with Crippen LogP contribution in [0.1, 0.15) is 62.1 Å². The molecule has 2 saturated heterocycles. The van der Waals surface area contributed by atoms with Crippen molar-refractivity contribution in [1.82, 2.24) is 14.8 Å². The Morgan fingerprint density at radius 2 is 1.70 bits per heavy atom. The smallest absolute Gasteiger partial charge is 0.248 e. The highest BCUT2D eigenvalue weighted by molar-refractivity contribution is 5.91. The van der Waals surface area contributed by atoms with Gasteiger partial charge in [-0.3, -0.25) is 14.6 Å². The summed E-state index contributed by atoms with van der Waals surface area (Å²) in [5.74, 6) is 0.369. The summed E-state index contributed by atoms with van der Waals surface area (Å²) in [4.78, 5) is 34.4. The molecule has 1 spiro atoms. The lowest BCUT2D eigenvalue weighted by atomic mass is 9.59. The van der Waals surface area contributed by atoms with Gasteiger partial charge in [-0.1, -0.05) is 49.6 Å². The van der Waals surface area contributed by atoms with Crippen LogP contribution in [0.25, 0.3) is 0 Å². The van der Waals surface area contributed by atoms with Crippen molar-refractivity contribution in [3.05, 3.63) is 66.0 Å². The van der Waals surface area contributed by atoms with E-state index in [9.17, 15) is 9.59 Å². The fourth-order valence-electron chi connectivity index (χ4n) is 6.08.